The van der Waals surface area contributed by atoms with Crippen molar-refractivity contribution in [2.24, 2.45) is 5.92 Å². The first-order valence-corrected chi connectivity index (χ1v) is 12.0. The van der Waals surface area contributed by atoms with Gasteiger partial charge in [-0.3, -0.25) is 9.48 Å². The van der Waals surface area contributed by atoms with Gasteiger partial charge >= 0.3 is 12.1 Å². The Morgan fingerprint density at radius 2 is 1.88 bits per heavy atom. The van der Waals surface area contributed by atoms with Crippen molar-refractivity contribution >= 4 is 23.2 Å². The summed E-state index contributed by atoms with van der Waals surface area (Å²) in [5, 5.41) is 15.7. The first-order chi connectivity index (χ1) is 15.7. The standard InChI is InChI=1S/C20H28N4OS.C2HF3O2/c25-20(12-17-6-11-26-16-17)23-13-18(5-10-22-8-2-1-3-9-22)14-24-19(15-23)4-7-21-24;3-2(4,5)1(6)7/h4,6-7,11,16,18H,1-3,5,8-10,12-15H2;(H,6,7). The van der Waals surface area contributed by atoms with E-state index in [1.54, 1.807) is 11.3 Å². The number of amides is 1. The molecule has 4 rings (SSSR count). The number of aliphatic carboxylic acids is 1. The smallest absolute Gasteiger partial charge is 0.475 e. The van der Waals surface area contributed by atoms with Gasteiger partial charge in [0, 0.05) is 19.3 Å². The van der Waals surface area contributed by atoms with Crippen LogP contribution in [0.3, 0.4) is 0 Å². The molecule has 1 amide bonds. The van der Waals surface area contributed by atoms with Gasteiger partial charge in [0.15, 0.2) is 0 Å². The van der Waals surface area contributed by atoms with E-state index in [0.29, 0.717) is 18.9 Å². The number of likely N-dealkylation sites (tertiary alicyclic amines) is 1. The number of halogens is 3. The van der Waals surface area contributed by atoms with Crippen molar-refractivity contribution in [3.63, 3.8) is 0 Å². The number of nitrogens with zero attached hydrogens (tertiary/aromatic N) is 4. The highest BCUT2D eigenvalue weighted by molar-refractivity contribution is 7.08. The summed E-state index contributed by atoms with van der Waals surface area (Å²) in [6, 6.07) is 4.11. The van der Waals surface area contributed by atoms with Crippen molar-refractivity contribution in [1.29, 1.82) is 0 Å². The quantitative estimate of drug-likeness (QED) is 0.698. The number of hydrogen-bond acceptors (Lipinski definition) is 5. The molecule has 0 spiro atoms. The molecule has 2 aliphatic heterocycles. The maximum absolute atomic E-state index is 12.9. The van der Waals surface area contributed by atoms with Crippen molar-refractivity contribution in [2.45, 2.75) is 51.4 Å². The van der Waals surface area contributed by atoms with Crippen LogP contribution in [0.25, 0.3) is 0 Å². The van der Waals surface area contributed by atoms with Crippen LogP contribution in [0.4, 0.5) is 13.2 Å². The molecule has 182 valence electrons. The average molecular weight is 487 g/mol. The number of rotatable bonds is 5. The zero-order chi connectivity index (χ0) is 23.8. The molecule has 0 aliphatic carbocycles. The van der Waals surface area contributed by atoms with Gasteiger partial charge in [-0.25, -0.2) is 4.79 Å². The lowest BCUT2D eigenvalue weighted by Gasteiger charge is -2.29. The summed E-state index contributed by atoms with van der Waals surface area (Å²) >= 11 is 1.66. The van der Waals surface area contributed by atoms with Crippen molar-refractivity contribution in [2.75, 3.05) is 26.2 Å². The molecule has 4 heterocycles. The molecule has 33 heavy (non-hydrogen) atoms. The van der Waals surface area contributed by atoms with E-state index in [2.05, 4.69) is 37.1 Å². The number of fused-ring (bicyclic) bond motifs is 1. The normalized spacial score (nSPS) is 19.2. The van der Waals surface area contributed by atoms with Gasteiger partial charge in [-0.2, -0.15) is 29.6 Å². The fourth-order valence-corrected chi connectivity index (χ4v) is 4.80. The molecule has 11 heteroatoms. The lowest BCUT2D eigenvalue weighted by molar-refractivity contribution is -0.192. The van der Waals surface area contributed by atoms with E-state index in [1.807, 2.05) is 11.6 Å². The van der Waals surface area contributed by atoms with Gasteiger partial charge in [-0.1, -0.05) is 6.42 Å². The second-order valence-corrected chi connectivity index (χ2v) is 9.23. The van der Waals surface area contributed by atoms with Gasteiger partial charge < -0.3 is 14.9 Å². The number of carboxylic acids is 1. The summed E-state index contributed by atoms with van der Waals surface area (Å²) in [7, 11) is 0. The molecular formula is C22H29F3N4O3S. The monoisotopic (exact) mass is 486 g/mol. The van der Waals surface area contributed by atoms with E-state index in [1.165, 1.54) is 32.4 Å². The minimum Gasteiger partial charge on any atom is -0.475 e. The van der Waals surface area contributed by atoms with Gasteiger partial charge in [-0.05, 0) is 73.3 Å². The predicted molar refractivity (Wildman–Crippen MR) is 118 cm³/mol. The van der Waals surface area contributed by atoms with Crippen molar-refractivity contribution in [1.82, 2.24) is 19.6 Å². The third kappa shape index (κ3) is 7.85. The van der Waals surface area contributed by atoms with Crippen LogP contribution in [0.1, 0.15) is 36.9 Å². The number of alkyl halides is 3. The maximum Gasteiger partial charge on any atom is 0.490 e. The molecular weight excluding hydrogens is 457 g/mol. The second-order valence-electron chi connectivity index (χ2n) is 8.45. The molecule has 1 saturated heterocycles. The molecule has 1 N–H and O–H groups in total. The summed E-state index contributed by atoms with van der Waals surface area (Å²) in [6.45, 7) is 6.08. The Kier molecular flexibility index (Phi) is 8.90. The number of carbonyl (C=O) groups excluding carboxylic acids is 1. The summed E-state index contributed by atoms with van der Waals surface area (Å²) in [5.41, 5.74) is 2.28. The van der Waals surface area contributed by atoms with Gasteiger partial charge in [0.1, 0.15) is 0 Å². The Labute approximate surface area is 194 Å². The highest BCUT2D eigenvalue weighted by Crippen LogP contribution is 2.21. The third-order valence-corrected chi connectivity index (χ3v) is 6.63. The molecule has 0 aromatic carbocycles. The fraction of sp³-hybridized carbons (Fsp3) is 0.591. The van der Waals surface area contributed by atoms with Gasteiger partial charge in [0.2, 0.25) is 5.91 Å². The van der Waals surface area contributed by atoms with Gasteiger partial charge in [0.25, 0.3) is 0 Å². The van der Waals surface area contributed by atoms with Crippen LogP contribution in [0, 0.1) is 5.92 Å². The molecule has 7 nitrogen and oxygen atoms in total. The van der Waals surface area contributed by atoms with Crippen molar-refractivity contribution < 1.29 is 27.9 Å². The first kappa shape index (κ1) is 25.2. The third-order valence-electron chi connectivity index (χ3n) is 5.90. The molecule has 0 saturated carbocycles. The number of hydrogen-bond donors (Lipinski definition) is 1. The number of piperidine rings is 1. The molecule has 1 atom stereocenters. The molecule has 1 unspecified atom stereocenters. The topological polar surface area (TPSA) is 78.7 Å². The molecule has 2 aliphatic rings. The van der Waals surface area contributed by atoms with Crippen LogP contribution in [-0.2, 0) is 29.1 Å². The minimum atomic E-state index is -5.08. The van der Waals surface area contributed by atoms with Crippen LogP contribution in [0.15, 0.2) is 29.1 Å². The lowest BCUT2D eigenvalue weighted by atomic mass is 10.0. The van der Waals surface area contributed by atoms with E-state index in [4.69, 9.17) is 9.90 Å². The predicted octanol–water partition coefficient (Wildman–Crippen LogP) is 3.66. The van der Waals surface area contributed by atoms with Crippen LogP contribution < -0.4 is 0 Å². The molecule has 1 fully saturated rings. The summed E-state index contributed by atoms with van der Waals surface area (Å²) in [6.07, 6.45) is 2.47. The zero-order valence-corrected chi connectivity index (χ0v) is 19.2. The first-order valence-electron chi connectivity index (χ1n) is 11.0. The highest BCUT2D eigenvalue weighted by Gasteiger charge is 2.38. The Morgan fingerprint density at radius 1 is 1.15 bits per heavy atom. The van der Waals surface area contributed by atoms with Crippen LogP contribution in [0.2, 0.25) is 0 Å². The van der Waals surface area contributed by atoms with E-state index in [9.17, 15) is 18.0 Å². The molecule has 2 aromatic rings. The Bertz CT molecular complexity index is 895. The lowest BCUT2D eigenvalue weighted by Crippen LogP contribution is -2.37. The minimum absolute atomic E-state index is 0.237. The average Bonchev–Trinajstić information content (AvgIpc) is 3.41. The summed E-state index contributed by atoms with van der Waals surface area (Å²) < 4.78 is 33.8. The van der Waals surface area contributed by atoms with Crippen molar-refractivity contribution in [3.05, 3.63) is 40.3 Å². The highest BCUT2D eigenvalue weighted by atomic mass is 32.1. The molecule has 0 radical (unpaired) electrons. The van der Waals surface area contributed by atoms with Crippen LogP contribution in [0.5, 0.6) is 0 Å². The second kappa shape index (κ2) is 11.6. The van der Waals surface area contributed by atoms with E-state index >= 15 is 0 Å². The van der Waals surface area contributed by atoms with Crippen LogP contribution in [-0.4, -0.2) is 68.9 Å². The number of aromatic nitrogens is 2. The zero-order valence-electron chi connectivity index (χ0n) is 18.3. The fourth-order valence-electron chi connectivity index (χ4n) is 4.13. The SMILES string of the molecule is O=C(Cc1ccsc1)N1Cc2ccnn2CC(CCN2CCCCC2)C1.O=C(O)C(F)(F)F. The Morgan fingerprint density at radius 3 is 2.52 bits per heavy atom. The molecule has 0 bridgehead atoms. The van der Waals surface area contributed by atoms with E-state index in [-0.39, 0.29) is 5.91 Å². The Hall–Kier alpha value is -2.40. The Balaban J connectivity index is 0.000000383. The largest absolute Gasteiger partial charge is 0.490 e. The molecule has 2 aromatic heterocycles. The van der Waals surface area contributed by atoms with E-state index < -0.39 is 12.1 Å². The van der Waals surface area contributed by atoms with Crippen LogP contribution >= 0.6 is 11.3 Å². The summed E-state index contributed by atoms with van der Waals surface area (Å²) in [5.74, 6) is -2.04. The maximum atomic E-state index is 12.9. The van der Waals surface area contributed by atoms with Crippen molar-refractivity contribution in [3.8, 4) is 0 Å². The summed E-state index contributed by atoms with van der Waals surface area (Å²) in [4.78, 5) is 26.4. The number of thiophene rings is 1. The number of carbonyl (C=O) groups is 2. The van der Waals surface area contributed by atoms with Gasteiger partial charge in [0.05, 0.1) is 18.7 Å². The van der Waals surface area contributed by atoms with Gasteiger partial charge in [-0.15, -0.1) is 0 Å². The van der Waals surface area contributed by atoms with E-state index in [0.717, 1.165) is 37.3 Å². The number of carboxylic acid groups (broad SMARTS) is 1.